The summed E-state index contributed by atoms with van der Waals surface area (Å²) < 4.78 is 0. The summed E-state index contributed by atoms with van der Waals surface area (Å²) in [5.74, 6) is 1.45. The SMILES string of the molecule is O=C(C[C@H]1C=CCC1)N1CCN(Cc2nc3sc4c(c3c(=O)[nH]2)CCCC4)CC1. The minimum absolute atomic E-state index is 0.0165. The molecule has 154 valence electrons. The number of nitrogens with one attached hydrogen (secondary N) is 1. The average Bonchev–Trinajstić information content (AvgIpc) is 3.35. The fraction of sp³-hybridized carbons (Fsp3) is 0.591. The van der Waals surface area contributed by atoms with Crippen LogP contribution >= 0.6 is 11.3 Å². The van der Waals surface area contributed by atoms with Gasteiger partial charge in [-0.15, -0.1) is 11.3 Å². The lowest BCUT2D eigenvalue weighted by Crippen LogP contribution is -2.48. The zero-order valence-electron chi connectivity index (χ0n) is 16.8. The maximum Gasteiger partial charge on any atom is 0.259 e. The van der Waals surface area contributed by atoms with Crippen molar-refractivity contribution in [3.63, 3.8) is 0 Å². The van der Waals surface area contributed by atoms with E-state index in [4.69, 9.17) is 4.98 Å². The molecule has 2 aliphatic carbocycles. The standard InChI is InChI=1S/C22H28N4O2S/c27-19(13-15-5-1-2-6-15)26-11-9-25(10-12-26)14-18-23-21(28)20-16-7-3-4-8-17(16)29-22(20)24-18/h1,5,15H,2-4,6-14H2,(H,23,24,28)/t15-/m0/s1. The highest BCUT2D eigenvalue weighted by atomic mass is 32.1. The van der Waals surface area contributed by atoms with Gasteiger partial charge in [-0.25, -0.2) is 4.98 Å². The molecule has 29 heavy (non-hydrogen) atoms. The number of allylic oxidation sites excluding steroid dienone is 2. The number of H-pyrrole nitrogens is 1. The summed E-state index contributed by atoms with van der Waals surface area (Å²) >= 11 is 1.70. The van der Waals surface area contributed by atoms with E-state index in [1.807, 2.05) is 4.90 Å². The first-order valence-corrected chi connectivity index (χ1v) is 11.7. The number of rotatable bonds is 4. The zero-order valence-corrected chi connectivity index (χ0v) is 17.6. The molecule has 1 N–H and O–H groups in total. The van der Waals surface area contributed by atoms with E-state index in [0.29, 0.717) is 18.9 Å². The lowest BCUT2D eigenvalue weighted by atomic mass is 9.97. The number of hydrogen-bond donors (Lipinski definition) is 1. The van der Waals surface area contributed by atoms with E-state index in [-0.39, 0.29) is 11.5 Å². The summed E-state index contributed by atoms with van der Waals surface area (Å²) in [6.45, 7) is 3.81. The second kappa shape index (κ2) is 8.03. The highest BCUT2D eigenvalue weighted by Crippen LogP contribution is 2.33. The average molecular weight is 413 g/mol. The van der Waals surface area contributed by atoms with Crippen molar-refractivity contribution in [2.75, 3.05) is 26.2 Å². The second-order valence-corrected chi connectivity index (χ2v) is 9.61. The van der Waals surface area contributed by atoms with E-state index in [1.165, 1.54) is 23.3 Å². The molecule has 5 rings (SSSR count). The summed E-state index contributed by atoms with van der Waals surface area (Å²) in [5.41, 5.74) is 1.25. The lowest BCUT2D eigenvalue weighted by Gasteiger charge is -2.34. The first-order valence-electron chi connectivity index (χ1n) is 10.9. The third-order valence-electron chi connectivity index (χ3n) is 6.52. The molecule has 0 aromatic carbocycles. The summed E-state index contributed by atoms with van der Waals surface area (Å²) in [7, 11) is 0. The van der Waals surface area contributed by atoms with Gasteiger partial charge in [0.2, 0.25) is 5.91 Å². The molecule has 1 atom stereocenters. The van der Waals surface area contributed by atoms with Crippen molar-refractivity contribution in [2.24, 2.45) is 5.92 Å². The van der Waals surface area contributed by atoms with Crippen molar-refractivity contribution in [1.82, 2.24) is 19.8 Å². The quantitative estimate of drug-likeness (QED) is 0.784. The van der Waals surface area contributed by atoms with Crippen LogP contribution in [0.3, 0.4) is 0 Å². The van der Waals surface area contributed by atoms with Crippen LogP contribution in [0.2, 0.25) is 0 Å². The summed E-state index contributed by atoms with van der Waals surface area (Å²) in [6, 6.07) is 0. The van der Waals surface area contributed by atoms with Gasteiger partial charge in [0, 0.05) is 37.5 Å². The van der Waals surface area contributed by atoms with Gasteiger partial charge in [-0.3, -0.25) is 14.5 Å². The smallest absolute Gasteiger partial charge is 0.259 e. The van der Waals surface area contributed by atoms with Crippen LogP contribution < -0.4 is 5.56 Å². The van der Waals surface area contributed by atoms with Gasteiger partial charge < -0.3 is 9.88 Å². The minimum atomic E-state index is 0.0165. The fourth-order valence-electron chi connectivity index (χ4n) is 4.87. The van der Waals surface area contributed by atoms with Crippen LogP contribution in [0, 0.1) is 5.92 Å². The topological polar surface area (TPSA) is 69.3 Å². The molecule has 0 unspecified atom stereocenters. The number of piperazine rings is 1. The van der Waals surface area contributed by atoms with Crippen LogP contribution in [0.5, 0.6) is 0 Å². The molecule has 2 aromatic heterocycles. The Kier molecular flexibility index (Phi) is 5.26. The van der Waals surface area contributed by atoms with Crippen LogP contribution in [-0.2, 0) is 24.2 Å². The summed E-state index contributed by atoms with van der Waals surface area (Å²) in [6.07, 6.45) is 11.7. The van der Waals surface area contributed by atoms with E-state index < -0.39 is 0 Å². The molecule has 0 bridgehead atoms. The Bertz CT molecular complexity index is 1000. The minimum Gasteiger partial charge on any atom is -0.340 e. The Balaban J connectivity index is 1.22. The van der Waals surface area contributed by atoms with Crippen LogP contribution in [0.1, 0.15) is 48.4 Å². The Labute approximate surface area is 174 Å². The van der Waals surface area contributed by atoms with Crippen molar-refractivity contribution in [1.29, 1.82) is 0 Å². The van der Waals surface area contributed by atoms with Crippen LogP contribution in [0.15, 0.2) is 16.9 Å². The zero-order chi connectivity index (χ0) is 19.8. The van der Waals surface area contributed by atoms with Gasteiger partial charge in [0.15, 0.2) is 0 Å². The molecule has 1 amide bonds. The predicted molar refractivity (Wildman–Crippen MR) is 115 cm³/mol. The van der Waals surface area contributed by atoms with Crippen molar-refractivity contribution in [3.8, 4) is 0 Å². The molecule has 7 heteroatoms. The van der Waals surface area contributed by atoms with Gasteiger partial charge >= 0.3 is 0 Å². The highest BCUT2D eigenvalue weighted by molar-refractivity contribution is 7.18. The molecule has 6 nitrogen and oxygen atoms in total. The summed E-state index contributed by atoms with van der Waals surface area (Å²) in [5, 5.41) is 0.824. The van der Waals surface area contributed by atoms with Crippen molar-refractivity contribution in [3.05, 3.63) is 38.8 Å². The van der Waals surface area contributed by atoms with Crippen LogP contribution in [0.4, 0.5) is 0 Å². The van der Waals surface area contributed by atoms with Crippen molar-refractivity contribution < 1.29 is 4.79 Å². The molecule has 0 radical (unpaired) electrons. The fourth-order valence-corrected chi connectivity index (χ4v) is 6.15. The largest absolute Gasteiger partial charge is 0.340 e. The molecule has 0 spiro atoms. The number of hydrogen-bond acceptors (Lipinski definition) is 5. The molecule has 1 saturated heterocycles. The van der Waals surface area contributed by atoms with Gasteiger partial charge in [0.1, 0.15) is 10.7 Å². The van der Waals surface area contributed by atoms with E-state index in [2.05, 4.69) is 22.0 Å². The first-order chi connectivity index (χ1) is 14.2. The molecule has 0 saturated carbocycles. The van der Waals surface area contributed by atoms with E-state index in [0.717, 1.165) is 67.9 Å². The number of aryl methyl sites for hydroxylation is 2. The van der Waals surface area contributed by atoms with Gasteiger partial charge in [-0.2, -0.15) is 0 Å². The van der Waals surface area contributed by atoms with Gasteiger partial charge in [0.05, 0.1) is 11.9 Å². The van der Waals surface area contributed by atoms with Crippen molar-refractivity contribution >= 4 is 27.5 Å². The molecule has 2 aromatic rings. The maximum atomic E-state index is 12.7. The number of fused-ring (bicyclic) bond motifs is 3. The summed E-state index contributed by atoms with van der Waals surface area (Å²) in [4.78, 5) is 39.6. The number of thiophene rings is 1. The van der Waals surface area contributed by atoms with Gasteiger partial charge in [-0.1, -0.05) is 12.2 Å². The first kappa shape index (κ1) is 19.0. The number of carbonyl (C=O) groups excluding carboxylic acids is 1. The number of amides is 1. The maximum absolute atomic E-state index is 12.7. The van der Waals surface area contributed by atoms with Crippen LogP contribution in [0.25, 0.3) is 10.2 Å². The van der Waals surface area contributed by atoms with Gasteiger partial charge in [-0.05, 0) is 50.0 Å². The van der Waals surface area contributed by atoms with Crippen LogP contribution in [-0.4, -0.2) is 51.9 Å². The highest BCUT2D eigenvalue weighted by Gasteiger charge is 2.25. The molecule has 1 fully saturated rings. The third kappa shape index (κ3) is 3.90. The second-order valence-electron chi connectivity index (χ2n) is 8.53. The number of carbonyl (C=O) groups is 1. The van der Waals surface area contributed by atoms with E-state index >= 15 is 0 Å². The third-order valence-corrected chi connectivity index (χ3v) is 7.71. The Morgan fingerprint density at radius 3 is 2.83 bits per heavy atom. The lowest BCUT2D eigenvalue weighted by molar-refractivity contribution is -0.133. The number of aromatic amines is 1. The van der Waals surface area contributed by atoms with E-state index in [9.17, 15) is 9.59 Å². The molecule has 3 heterocycles. The normalized spacial score (nSPS) is 22.3. The Morgan fingerprint density at radius 1 is 1.21 bits per heavy atom. The number of nitrogens with zero attached hydrogens (tertiary/aromatic N) is 3. The molecule has 1 aliphatic heterocycles. The number of aromatic nitrogens is 2. The molecule has 3 aliphatic rings. The van der Waals surface area contributed by atoms with Crippen molar-refractivity contribution in [2.45, 2.75) is 51.5 Å². The molecular formula is C22H28N4O2S. The van der Waals surface area contributed by atoms with E-state index in [1.54, 1.807) is 11.3 Å². The molecular weight excluding hydrogens is 384 g/mol. The Hall–Kier alpha value is -1.99. The monoisotopic (exact) mass is 412 g/mol. The Morgan fingerprint density at radius 2 is 2.03 bits per heavy atom. The predicted octanol–water partition coefficient (Wildman–Crippen LogP) is 2.86. The van der Waals surface area contributed by atoms with Gasteiger partial charge in [0.25, 0.3) is 5.56 Å².